The molecule has 0 spiro atoms. The van der Waals surface area contributed by atoms with Gasteiger partial charge in [-0.2, -0.15) is 5.10 Å². The Kier molecular flexibility index (Phi) is 5.36. The summed E-state index contributed by atoms with van der Waals surface area (Å²) in [6.07, 6.45) is 0.618. The second kappa shape index (κ2) is 7.89. The van der Waals surface area contributed by atoms with Gasteiger partial charge in [-0.25, -0.2) is 18.7 Å². The van der Waals surface area contributed by atoms with E-state index in [1.807, 2.05) is 33.8 Å². The number of imidazole rings is 1. The molecule has 0 atom stereocenters. The summed E-state index contributed by atoms with van der Waals surface area (Å²) in [6.45, 7) is 8.54. The van der Waals surface area contributed by atoms with Crippen LogP contribution in [0.25, 0.3) is 16.9 Å². The number of carboxylic acid groups (broad SMARTS) is 1. The number of rotatable bonds is 3. The standard InChI is InChI=1S/C23H26FN5O3/c1-14(2)17-11-18(15-5-7-16(24)8-6-15)26-29-12-19(25-20(17)29)21(30)28-10-9-27(22(31)32)13-23(28,3)4/h5-8,11-12,14H,9-10,13H2,1-4H3,(H,31,32). The Bertz CT molecular complexity index is 1190. The highest BCUT2D eigenvalue weighted by Crippen LogP contribution is 2.28. The molecular weight excluding hydrogens is 413 g/mol. The van der Waals surface area contributed by atoms with Crippen LogP contribution in [0.5, 0.6) is 0 Å². The third-order valence-electron chi connectivity index (χ3n) is 5.85. The van der Waals surface area contributed by atoms with Crippen LogP contribution >= 0.6 is 0 Å². The van der Waals surface area contributed by atoms with Crippen molar-refractivity contribution in [3.8, 4) is 11.3 Å². The number of fused-ring (bicyclic) bond motifs is 1. The molecule has 8 nitrogen and oxygen atoms in total. The van der Waals surface area contributed by atoms with Gasteiger partial charge in [0.25, 0.3) is 5.91 Å². The topological polar surface area (TPSA) is 91.0 Å². The Hall–Kier alpha value is -3.49. The maximum absolute atomic E-state index is 13.3. The molecule has 0 bridgehead atoms. The van der Waals surface area contributed by atoms with Crippen LogP contribution in [0.15, 0.2) is 36.5 Å². The molecule has 0 saturated carbocycles. The third-order valence-corrected chi connectivity index (χ3v) is 5.85. The normalized spacial score (nSPS) is 16.1. The fraction of sp³-hybridized carbons (Fsp3) is 0.391. The first-order valence-corrected chi connectivity index (χ1v) is 10.5. The molecule has 0 radical (unpaired) electrons. The van der Waals surface area contributed by atoms with Gasteiger partial charge in [0, 0.05) is 30.8 Å². The molecule has 1 aromatic carbocycles. The molecular formula is C23H26FN5O3. The minimum atomic E-state index is -0.989. The second-order valence-electron chi connectivity index (χ2n) is 9.01. The van der Waals surface area contributed by atoms with Crippen LogP contribution < -0.4 is 0 Å². The van der Waals surface area contributed by atoms with E-state index in [0.29, 0.717) is 11.3 Å². The fourth-order valence-electron chi connectivity index (χ4n) is 4.12. The van der Waals surface area contributed by atoms with Crippen molar-refractivity contribution in [2.75, 3.05) is 19.6 Å². The average molecular weight is 439 g/mol. The summed E-state index contributed by atoms with van der Waals surface area (Å²) in [6, 6.07) is 8.03. The van der Waals surface area contributed by atoms with Crippen molar-refractivity contribution in [1.29, 1.82) is 0 Å². The number of carbonyl (C=O) groups is 2. The molecule has 2 aromatic heterocycles. The number of amides is 2. The molecule has 1 aliphatic heterocycles. The average Bonchev–Trinajstić information content (AvgIpc) is 3.16. The summed E-state index contributed by atoms with van der Waals surface area (Å²) in [5, 5.41) is 13.9. The van der Waals surface area contributed by atoms with E-state index in [1.54, 1.807) is 27.7 Å². The number of aromatic nitrogens is 3. The minimum absolute atomic E-state index is 0.126. The Labute approximate surface area is 185 Å². The van der Waals surface area contributed by atoms with Crippen LogP contribution in [-0.2, 0) is 0 Å². The number of hydrogen-bond donors (Lipinski definition) is 1. The van der Waals surface area contributed by atoms with Gasteiger partial charge in [0.15, 0.2) is 5.65 Å². The van der Waals surface area contributed by atoms with Crippen molar-refractivity contribution in [2.24, 2.45) is 0 Å². The lowest BCUT2D eigenvalue weighted by atomic mass is 9.98. The molecule has 3 heterocycles. The van der Waals surface area contributed by atoms with E-state index in [2.05, 4.69) is 10.1 Å². The molecule has 0 unspecified atom stereocenters. The number of carbonyl (C=O) groups excluding carboxylic acids is 1. The zero-order chi connectivity index (χ0) is 23.2. The molecule has 2 amide bonds. The zero-order valence-corrected chi connectivity index (χ0v) is 18.5. The van der Waals surface area contributed by atoms with Crippen LogP contribution in [0, 0.1) is 5.82 Å². The van der Waals surface area contributed by atoms with Gasteiger partial charge in [-0.3, -0.25) is 4.79 Å². The lowest BCUT2D eigenvalue weighted by molar-refractivity contribution is 0.0196. The monoisotopic (exact) mass is 439 g/mol. The molecule has 32 heavy (non-hydrogen) atoms. The second-order valence-corrected chi connectivity index (χ2v) is 9.01. The molecule has 1 aliphatic rings. The smallest absolute Gasteiger partial charge is 0.407 e. The highest BCUT2D eigenvalue weighted by molar-refractivity contribution is 5.93. The van der Waals surface area contributed by atoms with Gasteiger partial charge in [-0.1, -0.05) is 13.8 Å². The Balaban J connectivity index is 1.73. The van der Waals surface area contributed by atoms with E-state index in [1.165, 1.54) is 17.0 Å². The molecule has 9 heteroatoms. The summed E-state index contributed by atoms with van der Waals surface area (Å²) in [5.41, 5.74) is 2.53. The van der Waals surface area contributed by atoms with E-state index in [9.17, 15) is 19.1 Å². The Morgan fingerprint density at radius 3 is 2.44 bits per heavy atom. The van der Waals surface area contributed by atoms with E-state index in [0.717, 1.165) is 11.1 Å². The van der Waals surface area contributed by atoms with Gasteiger partial charge in [-0.15, -0.1) is 0 Å². The summed E-state index contributed by atoms with van der Waals surface area (Å²) >= 11 is 0. The predicted molar refractivity (Wildman–Crippen MR) is 117 cm³/mol. The molecule has 168 valence electrons. The Morgan fingerprint density at radius 1 is 1.16 bits per heavy atom. The molecule has 3 aromatic rings. The van der Waals surface area contributed by atoms with Crippen molar-refractivity contribution >= 4 is 17.6 Å². The van der Waals surface area contributed by atoms with Crippen LogP contribution in [0.2, 0.25) is 0 Å². The van der Waals surface area contributed by atoms with Crippen molar-refractivity contribution in [1.82, 2.24) is 24.4 Å². The largest absolute Gasteiger partial charge is 0.465 e. The number of nitrogens with zero attached hydrogens (tertiary/aromatic N) is 5. The van der Waals surface area contributed by atoms with Crippen LogP contribution in [0.4, 0.5) is 9.18 Å². The van der Waals surface area contributed by atoms with E-state index >= 15 is 0 Å². The fourth-order valence-corrected chi connectivity index (χ4v) is 4.12. The van der Waals surface area contributed by atoms with Crippen molar-refractivity contribution in [2.45, 2.75) is 39.2 Å². The van der Waals surface area contributed by atoms with Crippen molar-refractivity contribution in [3.63, 3.8) is 0 Å². The van der Waals surface area contributed by atoms with Crippen molar-refractivity contribution in [3.05, 3.63) is 53.6 Å². The zero-order valence-electron chi connectivity index (χ0n) is 18.5. The van der Waals surface area contributed by atoms with E-state index in [4.69, 9.17) is 0 Å². The van der Waals surface area contributed by atoms with Crippen LogP contribution in [-0.4, -0.2) is 66.7 Å². The van der Waals surface area contributed by atoms with E-state index < -0.39 is 11.6 Å². The minimum Gasteiger partial charge on any atom is -0.465 e. The maximum Gasteiger partial charge on any atom is 0.407 e. The van der Waals surface area contributed by atoms with Gasteiger partial charge in [0.2, 0.25) is 0 Å². The van der Waals surface area contributed by atoms with E-state index in [-0.39, 0.29) is 43.0 Å². The third kappa shape index (κ3) is 3.90. The van der Waals surface area contributed by atoms with Gasteiger partial charge in [-0.05, 0) is 50.1 Å². The van der Waals surface area contributed by atoms with Gasteiger partial charge in [0.1, 0.15) is 11.5 Å². The lowest BCUT2D eigenvalue weighted by Gasteiger charge is -2.45. The molecule has 1 saturated heterocycles. The predicted octanol–water partition coefficient (Wildman–Crippen LogP) is 3.87. The van der Waals surface area contributed by atoms with Gasteiger partial charge >= 0.3 is 6.09 Å². The quantitative estimate of drug-likeness (QED) is 0.669. The SMILES string of the molecule is CC(C)c1cc(-c2ccc(F)cc2)nn2cc(C(=O)N3CCN(C(=O)O)CC3(C)C)nc12. The first-order valence-electron chi connectivity index (χ1n) is 10.5. The molecule has 4 rings (SSSR count). The first kappa shape index (κ1) is 21.7. The number of piperazine rings is 1. The first-order chi connectivity index (χ1) is 15.1. The maximum atomic E-state index is 13.3. The molecule has 1 fully saturated rings. The number of benzene rings is 1. The summed E-state index contributed by atoms with van der Waals surface area (Å²) in [7, 11) is 0. The van der Waals surface area contributed by atoms with Crippen LogP contribution in [0.1, 0.15) is 49.7 Å². The highest BCUT2D eigenvalue weighted by Gasteiger charge is 2.39. The lowest BCUT2D eigenvalue weighted by Crippen LogP contribution is -2.61. The van der Waals surface area contributed by atoms with Gasteiger partial charge in [0.05, 0.1) is 17.4 Å². The summed E-state index contributed by atoms with van der Waals surface area (Å²) in [4.78, 5) is 32.3. The van der Waals surface area contributed by atoms with Crippen molar-refractivity contribution < 1.29 is 19.1 Å². The highest BCUT2D eigenvalue weighted by atomic mass is 19.1. The number of hydrogen-bond acceptors (Lipinski definition) is 4. The summed E-state index contributed by atoms with van der Waals surface area (Å²) in [5.74, 6) is -0.454. The summed E-state index contributed by atoms with van der Waals surface area (Å²) < 4.78 is 14.9. The Morgan fingerprint density at radius 2 is 1.84 bits per heavy atom. The van der Waals surface area contributed by atoms with Crippen LogP contribution in [0.3, 0.4) is 0 Å². The molecule has 0 aliphatic carbocycles. The number of halogens is 1. The van der Waals surface area contributed by atoms with Gasteiger partial charge < -0.3 is 14.9 Å². The molecule has 1 N–H and O–H groups in total.